The van der Waals surface area contributed by atoms with Gasteiger partial charge in [0.2, 0.25) is 0 Å². The molecule has 0 unspecified atom stereocenters. The maximum absolute atomic E-state index is 6.67. The van der Waals surface area contributed by atoms with Gasteiger partial charge in [-0.1, -0.05) is 127 Å². The summed E-state index contributed by atoms with van der Waals surface area (Å²) in [4.78, 5) is 1.51. The average Bonchev–Trinajstić information content (AvgIpc) is 3.74. The topological polar surface area (TPSA) is 13.1 Å². The van der Waals surface area contributed by atoms with Crippen LogP contribution in [-0.4, -0.2) is 0 Å². The number of rotatable bonds is 3. The van der Waals surface area contributed by atoms with Gasteiger partial charge >= 0.3 is 0 Å². The normalized spacial score (nSPS) is 13.0. The van der Waals surface area contributed by atoms with Crippen LogP contribution in [0.3, 0.4) is 0 Å². The lowest BCUT2D eigenvalue weighted by atomic mass is 9.85. The third-order valence-corrected chi connectivity index (χ3v) is 11.9. The predicted octanol–water partition coefficient (Wildman–Crippen LogP) is 14.2. The minimum atomic E-state index is 0.923. The molecule has 0 fully saturated rings. The molecule has 0 amide bonds. The van der Waals surface area contributed by atoms with Gasteiger partial charge in [-0.25, -0.2) is 0 Å². The fourth-order valence-corrected chi connectivity index (χ4v) is 9.64. The van der Waals surface area contributed by atoms with Gasteiger partial charge in [-0.2, -0.15) is 0 Å². The molecule has 2 heterocycles. The highest BCUT2D eigenvalue weighted by Gasteiger charge is 2.20. The van der Waals surface area contributed by atoms with E-state index in [1.165, 1.54) is 97.0 Å². The predicted molar refractivity (Wildman–Crippen MR) is 215 cm³/mol. The van der Waals surface area contributed by atoms with Crippen LogP contribution in [0.4, 0.5) is 0 Å². The van der Waals surface area contributed by atoms with Gasteiger partial charge in [-0.15, -0.1) is 11.3 Å². The monoisotopic (exact) mass is 654 g/mol. The lowest BCUT2D eigenvalue weighted by molar-refractivity contribution is 0.669. The Morgan fingerprint density at radius 2 is 1.10 bits per heavy atom. The first-order valence-electron chi connectivity index (χ1n) is 17.4. The molecule has 0 N–H and O–H groups in total. The molecule has 10 aromatic rings. The van der Waals surface area contributed by atoms with Crippen LogP contribution in [0, 0.1) is 0 Å². The van der Waals surface area contributed by atoms with Crippen LogP contribution >= 0.6 is 11.3 Å². The van der Waals surface area contributed by atoms with E-state index < -0.39 is 0 Å². The number of hydrogen-bond donors (Lipinski definition) is 0. The summed E-state index contributed by atoms with van der Waals surface area (Å²) in [5, 5.41) is 11.3. The second kappa shape index (κ2) is 10.8. The Hall–Kier alpha value is -5.96. The number of thiophene rings is 1. The zero-order valence-corrected chi connectivity index (χ0v) is 28.1. The van der Waals surface area contributed by atoms with Crippen molar-refractivity contribution >= 4 is 81.8 Å². The standard InChI is InChI=1S/C48H30OS/c1-2-10-29(11-3-1)30-18-20-31(21-19-30)46-35-13-4-6-15-37(35)47(38-16-7-5-14-36(38)46)33-22-24-39-43(27-33)49-42-25-23-32-26-41-34-12-8-9-17-44(34)50-45(41)28-40(32)48(39)42/h1-8,10-16,18-28H,9,17H2. The van der Waals surface area contributed by atoms with Crippen molar-refractivity contribution in [1.29, 1.82) is 0 Å². The van der Waals surface area contributed by atoms with Crippen molar-refractivity contribution in [2.24, 2.45) is 0 Å². The SMILES string of the molecule is C1=Cc2c(sc3cc4c(ccc5oc6cc(-c7c8ccccc8c(-c8ccc(-c9ccccc9)cc8)c8ccccc78)ccc6c54)cc23)CC1. The van der Waals surface area contributed by atoms with Crippen LogP contribution in [0.1, 0.15) is 16.9 Å². The fourth-order valence-electron chi connectivity index (χ4n) is 8.41. The minimum Gasteiger partial charge on any atom is -0.456 e. The largest absolute Gasteiger partial charge is 0.456 e. The van der Waals surface area contributed by atoms with Crippen LogP contribution in [0.15, 0.2) is 156 Å². The molecule has 234 valence electrons. The Morgan fingerprint density at radius 3 is 1.84 bits per heavy atom. The Labute approximate surface area is 293 Å². The van der Waals surface area contributed by atoms with Crippen LogP contribution in [0.5, 0.6) is 0 Å². The summed E-state index contributed by atoms with van der Waals surface area (Å²) in [6.45, 7) is 0. The molecule has 50 heavy (non-hydrogen) atoms. The molecule has 1 aliphatic carbocycles. The molecule has 1 aliphatic rings. The van der Waals surface area contributed by atoms with Gasteiger partial charge < -0.3 is 4.42 Å². The Bertz CT molecular complexity index is 2950. The van der Waals surface area contributed by atoms with Gasteiger partial charge in [0.15, 0.2) is 0 Å². The Kier molecular flexibility index (Phi) is 6.02. The molecule has 0 bridgehead atoms. The van der Waals surface area contributed by atoms with Gasteiger partial charge in [0, 0.05) is 25.7 Å². The van der Waals surface area contributed by atoms with E-state index in [-0.39, 0.29) is 0 Å². The quantitative estimate of drug-likeness (QED) is 0.173. The molecule has 1 nitrogen and oxygen atoms in total. The van der Waals surface area contributed by atoms with E-state index in [4.69, 9.17) is 4.42 Å². The van der Waals surface area contributed by atoms with Gasteiger partial charge in [-0.05, 0) is 114 Å². The summed E-state index contributed by atoms with van der Waals surface area (Å²) >= 11 is 1.95. The van der Waals surface area contributed by atoms with E-state index >= 15 is 0 Å². The van der Waals surface area contributed by atoms with Crippen molar-refractivity contribution in [1.82, 2.24) is 0 Å². The van der Waals surface area contributed by atoms with E-state index in [1.807, 2.05) is 11.3 Å². The van der Waals surface area contributed by atoms with E-state index in [1.54, 1.807) is 0 Å². The number of fused-ring (bicyclic) bond motifs is 10. The first-order valence-corrected chi connectivity index (χ1v) is 18.2. The number of furan rings is 1. The van der Waals surface area contributed by atoms with Gasteiger partial charge in [0.05, 0.1) is 0 Å². The summed E-state index contributed by atoms with van der Waals surface area (Å²) < 4.78 is 8.03. The molecule has 2 heteroatoms. The first kappa shape index (κ1) is 27.9. The summed E-state index contributed by atoms with van der Waals surface area (Å²) in [6.07, 6.45) is 6.90. The molecule has 0 spiro atoms. The second-order valence-corrected chi connectivity index (χ2v) is 14.6. The molecule has 0 atom stereocenters. The third kappa shape index (κ3) is 4.12. The smallest absolute Gasteiger partial charge is 0.136 e. The summed E-state index contributed by atoms with van der Waals surface area (Å²) in [5.41, 5.74) is 10.6. The number of allylic oxidation sites excluding steroid dienone is 1. The molecule has 0 saturated carbocycles. The number of hydrogen-bond acceptors (Lipinski definition) is 2. The summed E-state index contributed by atoms with van der Waals surface area (Å²) in [7, 11) is 0. The highest BCUT2D eigenvalue weighted by atomic mass is 32.1. The van der Waals surface area contributed by atoms with Crippen molar-refractivity contribution in [3.8, 4) is 33.4 Å². The minimum absolute atomic E-state index is 0.923. The number of benzene rings is 8. The van der Waals surface area contributed by atoms with E-state index in [9.17, 15) is 0 Å². The lowest BCUT2D eigenvalue weighted by Crippen LogP contribution is -1.91. The van der Waals surface area contributed by atoms with Crippen molar-refractivity contribution in [2.45, 2.75) is 12.8 Å². The Balaban J connectivity index is 1.11. The second-order valence-electron chi connectivity index (χ2n) is 13.5. The van der Waals surface area contributed by atoms with Crippen LogP contribution < -0.4 is 0 Å². The van der Waals surface area contributed by atoms with Crippen molar-refractivity contribution in [2.75, 3.05) is 0 Å². The van der Waals surface area contributed by atoms with Gasteiger partial charge in [0.25, 0.3) is 0 Å². The molecule has 8 aromatic carbocycles. The van der Waals surface area contributed by atoms with Crippen molar-refractivity contribution in [3.63, 3.8) is 0 Å². The lowest BCUT2D eigenvalue weighted by Gasteiger charge is -2.18. The molecule has 11 rings (SSSR count). The molecule has 0 radical (unpaired) electrons. The maximum atomic E-state index is 6.67. The fraction of sp³-hybridized carbons (Fsp3) is 0.0417. The maximum Gasteiger partial charge on any atom is 0.136 e. The van der Waals surface area contributed by atoms with Crippen LogP contribution in [0.25, 0.3) is 104 Å². The zero-order valence-electron chi connectivity index (χ0n) is 27.2. The van der Waals surface area contributed by atoms with Gasteiger partial charge in [0.1, 0.15) is 11.2 Å². The van der Waals surface area contributed by atoms with Gasteiger partial charge in [-0.3, -0.25) is 0 Å². The zero-order chi connectivity index (χ0) is 32.8. The van der Waals surface area contributed by atoms with E-state index in [2.05, 4.69) is 158 Å². The molecular formula is C48H30OS. The molecule has 0 saturated heterocycles. The van der Waals surface area contributed by atoms with E-state index in [0.717, 1.165) is 24.0 Å². The average molecular weight is 655 g/mol. The highest BCUT2D eigenvalue weighted by molar-refractivity contribution is 7.19. The van der Waals surface area contributed by atoms with E-state index in [0.29, 0.717) is 0 Å². The molecule has 0 aliphatic heterocycles. The van der Waals surface area contributed by atoms with Crippen LogP contribution in [-0.2, 0) is 6.42 Å². The molecular weight excluding hydrogens is 625 g/mol. The first-order chi connectivity index (χ1) is 24.8. The Morgan fingerprint density at radius 1 is 0.460 bits per heavy atom. The molecule has 2 aromatic heterocycles. The summed E-state index contributed by atoms with van der Waals surface area (Å²) in [6, 6.07) is 53.4. The number of aryl methyl sites for hydroxylation is 1. The van der Waals surface area contributed by atoms with Crippen molar-refractivity contribution < 1.29 is 4.42 Å². The van der Waals surface area contributed by atoms with Crippen molar-refractivity contribution in [3.05, 3.63) is 162 Å². The van der Waals surface area contributed by atoms with Crippen LogP contribution in [0.2, 0.25) is 0 Å². The highest BCUT2D eigenvalue weighted by Crippen LogP contribution is 2.46. The summed E-state index contributed by atoms with van der Waals surface area (Å²) in [5.74, 6) is 0. The third-order valence-electron chi connectivity index (χ3n) is 10.7.